The number of methoxy groups -OCH3 is 1. The Morgan fingerprint density at radius 1 is 0.969 bits per heavy atom. The molecule has 1 saturated heterocycles. The second-order valence-corrected chi connectivity index (χ2v) is 8.12. The van der Waals surface area contributed by atoms with Crippen LogP contribution in [0.5, 0.6) is 23.0 Å². The van der Waals surface area contributed by atoms with Crippen molar-refractivity contribution in [2.45, 2.75) is 18.6 Å². The summed E-state index contributed by atoms with van der Waals surface area (Å²) in [4.78, 5) is 14.9. The first-order valence-electron chi connectivity index (χ1n) is 10.4. The largest absolute Gasteiger partial charge is 0.497 e. The molecular weight excluding hydrogens is 430 g/mol. The summed E-state index contributed by atoms with van der Waals surface area (Å²) in [7, 11) is 1.61. The molecule has 2 heterocycles. The monoisotopic (exact) mass is 451 g/mol. The van der Waals surface area contributed by atoms with Gasteiger partial charge < -0.3 is 23.8 Å². The van der Waals surface area contributed by atoms with Crippen LogP contribution >= 0.6 is 11.6 Å². The van der Waals surface area contributed by atoms with Crippen LogP contribution in [0.1, 0.15) is 17.2 Å². The average Bonchev–Trinajstić information content (AvgIpc) is 3.29. The summed E-state index contributed by atoms with van der Waals surface area (Å²) in [5.74, 6) is 2.70. The highest BCUT2D eigenvalue weighted by Crippen LogP contribution is 2.42. The maximum atomic E-state index is 13.1. The lowest BCUT2D eigenvalue weighted by atomic mass is 9.89. The Bertz CT molecular complexity index is 1120. The van der Waals surface area contributed by atoms with Crippen LogP contribution in [-0.2, 0) is 11.2 Å². The number of amides is 1. The van der Waals surface area contributed by atoms with E-state index in [4.69, 9.17) is 30.5 Å². The highest BCUT2D eigenvalue weighted by Gasteiger charge is 2.50. The molecule has 2 aliphatic heterocycles. The second-order valence-electron chi connectivity index (χ2n) is 7.68. The van der Waals surface area contributed by atoms with E-state index < -0.39 is 6.10 Å². The summed E-state index contributed by atoms with van der Waals surface area (Å²) >= 11 is 5.99. The fourth-order valence-electron chi connectivity index (χ4n) is 4.03. The Kier molecular flexibility index (Phi) is 5.53. The summed E-state index contributed by atoms with van der Waals surface area (Å²) in [6, 6.07) is 20.5. The van der Waals surface area contributed by atoms with Crippen LogP contribution in [0.3, 0.4) is 0 Å². The molecule has 0 N–H and O–H groups in total. The first-order chi connectivity index (χ1) is 15.6. The van der Waals surface area contributed by atoms with E-state index in [-0.39, 0.29) is 18.7 Å². The molecule has 2 atom stereocenters. The number of halogens is 1. The normalized spacial score (nSPS) is 18.9. The number of hydrogen-bond acceptors (Lipinski definition) is 5. The molecule has 0 aliphatic carbocycles. The zero-order valence-electron chi connectivity index (χ0n) is 17.5. The molecule has 7 heteroatoms. The first kappa shape index (κ1) is 20.5. The SMILES string of the molecule is COc1ccc(OC2C(=O)N(CCc3ccc(Cl)cc3)C2c2ccc3c(c2)OCO3)cc1. The van der Waals surface area contributed by atoms with Gasteiger partial charge in [-0.2, -0.15) is 0 Å². The van der Waals surface area contributed by atoms with Crippen LogP contribution in [-0.4, -0.2) is 37.4 Å². The minimum atomic E-state index is -0.617. The maximum Gasteiger partial charge on any atom is 0.266 e. The van der Waals surface area contributed by atoms with E-state index >= 15 is 0 Å². The molecular formula is C25H22ClNO5. The van der Waals surface area contributed by atoms with Gasteiger partial charge in [-0.15, -0.1) is 0 Å². The van der Waals surface area contributed by atoms with Gasteiger partial charge in [-0.3, -0.25) is 4.79 Å². The van der Waals surface area contributed by atoms with Crippen molar-refractivity contribution in [2.24, 2.45) is 0 Å². The molecule has 164 valence electrons. The first-order valence-corrected chi connectivity index (χ1v) is 10.8. The van der Waals surface area contributed by atoms with Crippen molar-refractivity contribution < 1.29 is 23.7 Å². The molecule has 0 saturated carbocycles. The van der Waals surface area contributed by atoms with Gasteiger partial charge in [0, 0.05) is 11.6 Å². The number of nitrogens with zero attached hydrogens (tertiary/aromatic N) is 1. The van der Waals surface area contributed by atoms with Crippen molar-refractivity contribution in [3.05, 3.63) is 82.9 Å². The summed E-state index contributed by atoms with van der Waals surface area (Å²) < 4.78 is 22.3. The lowest BCUT2D eigenvalue weighted by molar-refractivity contribution is -0.164. The Hall–Kier alpha value is -3.38. The molecule has 6 nitrogen and oxygen atoms in total. The Morgan fingerprint density at radius 2 is 1.69 bits per heavy atom. The zero-order valence-corrected chi connectivity index (χ0v) is 18.2. The minimum absolute atomic E-state index is 0.0440. The van der Waals surface area contributed by atoms with E-state index in [1.165, 1.54) is 0 Å². The summed E-state index contributed by atoms with van der Waals surface area (Å²) in [6.07, 6.45) is 0.105. The van der Waals surface area contributed by atoms with Crippen LogP contribution in [0.25, 0.3) is 0 Å². The molecule has 0 aromatic heterocycles. The fourth-order valence-corrected chi connectivity index (χ4v) is 4.16. The van der Waals surface area contributed by atoms with Crippen LogP contribution < -0.4 is 18.9 Å². The third kappa shape index (κ3) is 3.94. The number of fused-ring (bicyclic) bond motifs is 1. The summed E-state index contributed by atoms with van der Waals surface area (Å²) in [6.45, 7) is 0.774. The van der Waals surface area contributed by atoms with Crippen molar-refractivity contribution in [3.63, 3.8) is 0 Å². The summed E-state index contributed by atoms with van der Waals surface area (Å²) in [5.41, 5.74) is 2.06. The van der Waals surface area contributed by atoms with Crippen molar-refractivity contribution in [1.82, 2.24) is 4.90 Å². The standard InChI is InChI=1S/C25H22ClNO5/c1-29-19-7-9-20(10-8-19)32-24-23(17-4-11-21-22(14-17)31-15-30-21)27(25(24)28)13-12-16-2-5-18(26)6-3-16/h2-11,14,23-24H,12-13,15H2,1H3. The molecule has 2 aliphatic rings. The van der Waals surface area contributed by atoms with E-state index in [0.29, 0.717) is 28.8 Å². The quantitative estimate of drug-likeness (QED) is 0.489. The highest BCUT2D eigenvalue weighted by atomic mass is 35.5. The second kappa shape index (κ2) is 8.63. The molecule has 5 rings (SSSR count). The van der Waals surface area contributed by atoms with E-state index in [0.717, 1.165) is 23.3 Å². The lowest BCUT2D eigenvalue weighted by Gasteiger charge is -2.47. The molecule has 3 aromatic carbocycles. The minimum Gasteiger partial charge on any atom is -0.497 e. The Labute approximate surface area is 191 Å². The summed E-state index contributed by atoms with van der Waals surface area (Å²) in [5, 5.41) is 0.694. The zero-order chi connectivity index (χ0) is 22.1. The number of rotatable bonds is 7. The van der Waals surface area contributed by atoms with Gasteiger partial charge in [0.15, 0.2) is 11.5 Å². The smallest absolute Gasteiger partial charge is 0.266 e. The third-order valence-electron chi connectivity index (χ3n) is 5.76. The van der Waals surface area contributed by atoms with Gasteiger partial charge in [-0.1, -0.05) is 29.8 Å². The number of carbonyl (C=O) groups excluding carboxylic acids is 1. The van der Waals surface area contributed by atoms with Gasteiger partial charge >= 0.3 is 0 Å². The molecule has 2 unspecified atom stereocenters. The molecule has 32 heavy (non-hydrogen) atoms. The topological polar surface area (TPSA) is 57.2 Å². The number of likely N-dealkylation sites (tertiary alicyclic amines) is 1. The number of ether oxygens (including phenoxy) is 4. The van der Waals surface area contributed by atoms with Crippen molar-refractivity contribution in [2.75, 3.05) is 20.4 Å². The molecule has 0 spiro atoms. The van der Waals surface area contributed by atoms with E-state index in [1.807, 2.05) is 59.5 Å². The molecule has 3 aromatic rings. The predicted molar refractivity (Wildman–Crippen MR) is 120 cm³/mol. The maximum absolute atomic E-state index is 13.1. The van der Waals surface area contributed by atoms with Crippen LogP contribution in [0.15, 0.2) is 66.7 Å². The van der Waals surface area contributed by atoms with Gasteiger partial charge in [0.05, 0.1) is 7.11 Å². The van der Waals surface area contributed by atoms with E-state index in [1.54, 1.807) is 19.2 Å². The average molecular weight is 452 g/mol. The number of benzene rings is 3. The van der Waals surface area contributed by atoms with Crippen LogP contribution in [0.4, 0.5) is 0 Å². The number of β-lactam (4-membered cyclic amide) rings is 1. The highest BCUT2D eigenvalue weighted by molar-refractivity contribution is 6.30. The van der Waals surface area contributed by atoms with Gasteiger partial charge in [0.25, 0.3) is 5.91 Å². The van der Waals surface area contributed by atoms with Gasteiger partial charge in [-0.25, -0.2) is 0 Å². The molecule has 0 bridgehead atoms. The van der Waals surface area contributed by atoms with Gasteiger partial charge in [0.2, 0.25) is 12.9 Å². The molecule has 0 radical (unpaired) electrons. The van der Waals surface area contributed by atoms with Crippen molar-refractivity contribution >= 4 is 17.5 Å². The van der Waals surface area contributed by atoms with E-state index in [9.17, 15) is 4.79 Å². The number of hydrogen-bond donors (Lipinski definition) is 0. The van der Waals surface area contributed by atoms with Crippen LogP contribution in [0.2, 0.25) is 5.02 Å². The third-order valence-corrected chi connectivity index (χ3v) is 6.02. The lowest BCUT2D eigenvalue weighted by Crippen LogP contribution is -2.61. The molecule has 1 amide bonds. The Balaban J connectivity index is 1.38. The van der Waals surface area contributed by atoms with Gasteiger partial charge in [-0.05, 0) is 66.1 Å². The predicted octanol–water partition coefficient (Wildman–Crippen LogP) is 4.65. The van der Waals surface area contributed by atoms with E-state index in [2.05, 4.69) is 0 Å². The Morgan fingerprint density at radius 3 is 2.44 bits per heavy atom. The number of carbonyl (C=O) groups is 1. The van der Waals surface area contributed by atoms with Crippen LogP contribution in [0, 0.1) is 0 Å². The molecule has 1 fully saturated rings. The van der Waals surface area contributed by atoms with Crippen molar-refractivity contribution in [1.29, 1.82) is 0 Å². The van der Waals surface area contributed by atoms with Gasteiger partial charge in [0.1, 0.15) is 17.5 Å². The fraction of sp³-hybridized carbons (Fsp3) is 0.240. The van der Waals surface area contributed by atoms with Crippen molar-refractivity contribution in [3.8, 4) is 23.0 Å².